The number of carbonyl (C=O) groups is 2. The molecule has 22 heavy (non-hydrogen) atoms. The van der Waals surface area contributed by atoms with Crippen LogP contribution in [0.5, 0.6) is 0 Å². The smallest absolute Gasteiger partial charge is 0.256 e. The van der Waals surface area contributed by atoms with E-state index in [2.05, 4.69) is 33.1 Å². The summed E-state index contributed by atoms with van der Waals surface area (Å²) in [4.78, 5) is 24.4. The summed E-state index contributed by atoms with van der Waals surface area (Å²) >= 11 is 3.34. The second-order valence-corrected chi connectivity index (χ2v) is 5.33. The van der Waals surface area contributed by atoms with Crippen molar-refractivity contribution in [3.63, 3.8) is 0 Å². The maximum atomic E-state index is 12.3. The van der Waals surface area contributed by atoms with Crippen molar-refractivity contribution in [1.82, 2.24) is 5.32 Å². The third kappa shape index (κ3) is 3.83. The lowest BCUT2D eigenvalue weighted by molar-refractivity contribution is 0.0959. The first-order valence-corrected chi connectivity index (χ1v) is 7.46. The zero-order chi connectivity index (χ0) is 15.9. The molecule has 2 rings (SSSR count). The molecule has 112 valence electrons. The fraction of sp³-hybridized carbons (Fsp3) is 0.0588. The predicted octanol–water partition coefficient (Wildman–Crippen LogP) is 3.62. The lowest BCUT2D eigenvalue weighted by Gasteiger charge is -2.11. The summed E-state index contributed by atoms with van der Waals surface area (Å²) in [5.41, 5.74) is 1.37. The fourth-order valence-corrected chi connectivity index (χ4v) is 2.35. The topological polar surface area (TPSA) is 58.2 Å². The van der Waals surface area contributed by atoms with E-state index in [-0.39, 0.29) is 11.8 Å². The van der Waals surface area contributed by atoms with Crippen LogP contribution >= 0.6 is 15.9 Å². The number of hydrogen-bond donors (Lipinski definition) is 2. The predicted molar refractivity (Wildman–Crippen MR) is 91.1 cm³/mol. The molecule has 0 aliphatic carbocycles. The molecule has 5 heteroatoms. The molecule has 0 fully saturated rings. The first-order valence-electron chi connectivity index (χ1n) is 6.67. The molecule has 0 aliphatic rings. The highest BCUT2D eigenvalue weighted by atomic mass is 79.9. The number of nitrogens with one attached hydrogen (secondary N) is 2. The molecule has 2 N–H and O–H groups in total. The fourth-order valence-electron chi connectivity index (χ4n) is 1.89. The zero-order valence-electron chi connectivity index (χ0n) is 11.8. The third-order valence-corrected chi connectivity index (χ3v) is 3.64. The largest absolute Gasteiger partial charge is 0.349 e. The summed E-state index contributed by atoms with van der Waals surface area (Å²) in [6, 6.07) is 14.0. The Bertz CT molecular complexity index is 713. The minimum atomic E-state index is -0.281. The molecule has 2 amide bonds. The second-order valence-electron chi connectivity index (χ2n) is 4.48. The van der Waals surface area contributed by atoms with Gasteiger partial charge in [0.2, 0.25) is 0 Å². The number of benzene rings is 2. The van der Waals surface area contributed by atoms with Crippen molar-refractivity contribution in [2.45, 2.75) is 0 Å². The Morgan fingerprint density at radius 1 is 1.00 bits per heavy atom. The van der Waals surface area contributed by atoms with Gasteiger partial charge in [-0.1, -0.05) is 30.3 Å². The number of hydrogen-bond acceptors (Lipinski definition) is 2. The lowest BCUT2D eigenvalue weighted by atomic mass is 10.1. The number of amides is 2. The van der Waals surface area contributed by atoms with E-state index < -0.39 is 0 Å². The van der Waals surface area contributed by atoms with Gasteiger partial charge in [0.15, 0.2) is 0 Å². The molecule has 0 radical (unpaired) electrons. The molecule has 0 spiro atoms. The Morgan fingerprint density at radius 3 is 2.32 bits per heavy atom. The maximum absolute atomic E-state index is 12.3. The van der Waals surface area contributed by atoms with Gasteiger partial charge in [-0.25, -0.2) is 0 Å². The molecule has 2 aromatic carbocycles. The van der Waals surface area contributed by atoms with Crippen molar-refractivity contribution < 1.29 is 9.59 Å². The van der Waals surface area contributed by atoms with E-state index in [1.807, 2.05) is 6.07 Å². The van der Waals surface area contributed by atoms with Gasteiger partial charge in [-0.05, 0) is 40.2 Å². The van der Waals surface area contributed by atoms with Crippen LogP contribution in [0.4, 0.5) is 5.69 Å². The zero-order valence-corrected chi connectivity index (χ0v) is 13.4. The first-order chi connectivity index (χ1) is 10.6. The molecule has 0 atom stereocenters. The molecule has 4 nitrogen and oxygen atoms in total. The Labute approximate surface area is 137 Å². The molecule has 0 aromatic heterocycles. The van der Waals surface area contributed by atoms with E-state index in [0.717, 1.165) is 0 Å². The summed E-state index contributed by atoms with van der Waals surface area (Å²) in [6.45, 7) is 3.92. The highest BCUT2D eigenvalue weighted by Crippen LogP contribution is 2.20. The van der Waals surface area contributed by atoms with Crippen LogP contribution in [0, 0.1) is 0 Å². The SMILES string of the molecule is C=CCNC(=O)c1ccccc1NC(=O)c1ccccc1Br. The Balaban J connectivity index is 2.23. The van der Waals surface area contributed by atoms with Crippen LogP contribution in [0.1, 0.15) is 20.7 Å². The van der Waals surface area contributed by atoms with Crippen LogP contribution in [0.15, 0.2) is 65.7 Å². The average Bonchev–Trinajstić information content (AvgIpc) is 2.53. The van der Waals surface area contributed by atoms with E-state index in [1.54, 1.807) is 48.5 Å². The average molecular weight is 359 g/mol. The van der Waals surface area contributed by atoms with Gasteiger partial charge < -0.3 is 10.6 Å². The lowest BCUT2D eigenvalue weighted by Crippen LogP contribution is -2.25. The van der Waals surface area contributed by atoms with Gasteiger partial charge in [-0.3, -0.25) is 9.59 Å². The van der Waals surface area contributed by atoms with E-state index >= 15 is 0 Å². The monoisotopic (exact) mass is 358 g/mol. The van der Waals surface area contributed by atoms with Crippen molar-refractivity contribution in [3.05, 3.63) is 76.8 Å². The molecule has 2 aromatic rings. The molecular weight excluding hydrogens is 344 g/mol. The number of rotatable bonds is 5. The van der Waals surface area contributed by atoms with Crippen molar-refractivity contribution >= 4 is 33.4 Å². The van der Waals surface area contributed by atoms with Crippen molar-refractivity contribution in [2.24, 2.45) is 0 Å². The van der Waals surface area contributed by atoms with Crippen molar-refractivity contribution in [2.75, 3.05) is 11.9 Å². The van der Waals surface area contributed by atoms with Gasteiger partial charge in [-0.2, -0.15) is 0 Å². The summed E-state index contributed by atoms with van der Waals surface area (Å²) in [7, 11) is 0. The minimum Gasteiger partial charge on any atom is -0.349 e. The van der Waals surface area contributed by atoms with E-state index in [4.69, 9.17) is 0 Å². The van der Waals surface area contributed by atoms with E-state index in [1.165, 1.54) is 0 Å². The number of carbonyl (C=O) groups excluding carboxylic acids is 2. The maximum Gasteiger partial charge on any atom is 0.256 e. The van der Waals surface area contributed by atoms with Crippen LogP contribution in [0.3, 0.4) is 0 Å². The number of anilines is 1. The highest BCUT2D eigenvalue weighted by Gasteiger charge is 2.14. The van der Waals surface area contributed by atoms with E-state index in [0.29, 0.717) is 27.8 Å². The van der Waals surface area contributed by atoms with Crippen LogP contribution < -0.4 is 10.6 Å². The Morgan fingerprint density at radius 2 is 1.64 bits per heavy atom. The summed E-state index contributed by atoms with van der Waals surface area (Å²) < 4.78 is 0.695. The third-order valence-electron chi connectivity index (χ3n) is 2.95. The van der Waals surface area contributed by atoms with Gasteiger partial charge in [0, 0.05) is 11.0 Å². The van der Waals surface area contributed by atoms with Crippen molar-refractivity contribution in [1.29, 1.82) is 0 Å². The van der Waals surface area contributed by atoms with Crippen LogP contribution in [-0.2, 0) is 0 Å². The summed E-state index contributed by atoms with van der Waals surface area (Å²) in [5, 5.41) is 5.47. The minimum absolute atomic E-state index is 0.261. The Kier molecular flexibility index (Phi) is 5.49. The van der Waals surface area contributed by atoms with E-state index in [9.17, 15) is 9.59 Å². The summed E-state index contributed by atoms with van der Waals surface area (Å²) in [5.74, 6) is -0.542. The number of para-hydroxylation sites is 1. The Hall–Kier alpha value is -2.40. The second kappa shape index (κ2) is 7.56. The van der Waals surface area contributed by atoms with Crippen LogP contribution in [0.25, 0.3) is 0 Å². The van der Waals surface area contributed by atoms with Gasteiger partial charge in [0.25, 0.3) is 11.8 Å². The standard InChI is InChI=1S/C17H15BrN2O2/c1-2-11-19-16(21)13-8-4-6-10-15(13)20-17(22)12-7-3-5-9-14(12)18/h2-10H,1,11H2,(H,19,21)(H,20,22). The molecule has 0 aliphatic heterocycles. The van der Waals surface area contributed by atoms with Gasteiger partial charge in [-0.15, -0.1) is 6.58 Å². The van der Waals surface area contributed by atoms with Gasteiger partial charge in [0.05, 0.1) is 16.8 Å². The number of halogens is 1. The van der Waals surface area contributed by atoms with Gasteiger partial charge in [0.1, 0.15) is 0 Å². The molecular formula is C17H15BrN2O2. The first kappa shape index (κ1) is 16.0. The molecule has 0 saturated heterocycles. The normalized spacial score (nSPS) is 9.86. The summed E-state index contributed by atoms with van der Waals surface area (Å²) in [6.07, 6.45) is 1.60. The van der Waals surface area contributed by atoms with Crippen LogP contribution in [0.2, 0.25) is 0 Å². The molecule has 0 saturated carbocycles. The molecule has 0 unspecified atom stereocenters. The molecule has 0 heterocycles. The van der Waals surface area contributed by atoms with Crippen molar-refractivity contribution in [3.8, 4) is 0 Å². The quantitative estimate of drug-likeness (QED) is 0.802. The molecule has 0 bridgehead atoms. The highest BCUT2D eigenvalue weighted by molar-refractivity contribution is 9.10. The van der Waals surface area contributed by atoms with Crippen LogP contribution in [-0.4, -0.2) is 18.4 Å². The van der Waals surface area contributed by atoms with Gasteiger partial charge >= 0.3 is 0 Å².